The van der Waals surface area contributed by atoms with Crippen molar-refractivity contribution in [2.45, 2.75) is 31.8 Å². The SMILES string of the molecule is COC(=O)NC(Cc1ccccc1)C(=O)NC(Cc1ccc(C)cc1)c1csc(-c2cccs2)n1. The molecule has 2 aromatic heterocycles. The average molecular weight is 506 g/mol. The molecule has 0 aliphatic heterocycles. The van der Waals surface area contributed by atoms with Crippen LogP contribution in [-0.4, -0.2) is 30.1 Å². The molecule has 0 aliphatic rings. The van der Waals surface area contributed by atoms with Crippen LogP contribution in [-0.2, 0) is 22.4 Å². The molecule has 2 atom stereocenters. The van der Waals surface area contributed by atoms with Crippen LogP contribution < -0.4 is 10.6 Å². The maximum absolute atomic E-state index is 13.5. The fraction of sp³-hybridized carbons (Fsp3) is 0.222. The van der Waals surface area contributed by atoms with Gasteiger partial charge in [0.1, 0.15) is 11.0 Å². The van der Waals surface area contributed by atoms with Crippen LogP contribution in [0.4, 0.5) is 4.79 Å². The zero-order chi connectivity index (χ0) is 24.6. The van der Waals surface area contributed by atoms with Crippen LogP contribution in [0.15, 0.2) is 77.5 Å². The summed E-state index contributed by atoms with van der Waals surface area (Å²) in [6.45, 7) is 2.05. The lowest BCUT2D eigenvalue weighted by molar-refractivity contribution is -0.123. The number of aryl methyl sites for hydroxylation is 1. The highest BCUT2D eigenvalue weighted by Gasteiger charge is 2.26. The van der Waals surface area contributed by atoms with Crippen molar-refractivity contribution in [2.24, 2.45) is 0 Å². The molecule has 0 spiro atoms. The number of carbonyl (C=O) groups is 2. The number of hydrogen-bond donors (Lipinski definition) is 2. The first-order valence-corrected chi connectivity index (χ1v) is 13.0. The van der Waals surface area contributed by atoms with Gasteiger partial charge in [0, 0.05) is 11.8 Å². The normalized spacial score (nSPS) is 12.5. The number of hydrogen-bond acceptors (Lipinski definition) is 6. The molecule has 0 fully saturated rings. The first-order valence-electron chi connectivity index (χ1n) is 11.3. The largest absolute Gasteiger partial charge is 0.453 e. The van der Waals surface area contributed by atoms with E-state index < -0.39 is 12.1 Å². The third-order valence-electron chi connectivity index (χ3n) is 5.56. The van der Waals surface area contributed by atoms with Crippen LogP contribution in [0.2, 0.25) is 0 Å². The zero-order valence-corrected chi connectivity index (χ0v) is 21.2. The number of carbonyl (C=O) groups excluding carboxylic acids is 2. The van der Waals surface area contributed by atoms with Crippen molar-refractivity contribution in [2.75, 3.05) is 7.11 Å². The van der Waals surface area contributed by atoms with E-state index in [2.05, 4.69) is 34.9 Å². The van der Waals surface area contributed by atoms with E-state index in [1.807, 2.05) is 60.1 Å². The number of thiophene rings is 1. The van der Waals surface area contributed by atoms with E-state index in [-0.39, 0.29) is 11.9 Å². The van der Waals surface area contributed by atoms with E-state index in [1.165, 1.54) is 12.7 Å². The minimum Gasteiger partial charge on any atom is -0.453 e. The summed E-state index contributed by atoms with van der Waals surface area (Å²) in [5, 5.41) is 10.8. The van der Waals surface area contributed by atoms with E-state index in [1.54, 1.807) is 22.7 Å². The van der Waals surface area contributed by atoms with Gasteiger partial charge in [-0.2, -0.15) is 0 Å². The van der Waals surface area contributed by atoms with Crippen molar-refractivity contribution in [3.63, 3.8) is 0 Å². The van der Waals surface area contributed by atoms with Gasteiger partial charge in [-0.15, -0.1) is 22.7 Å². The van der Waals surface area contributed by atoms with Crippen molar-refractivity contribution in [3.05, 3.63) is 99.9 Å². The Morgan fingerprint density at radius 3 is 2.34 bits per heavy atom. The van der Waals surface area contributed by atoms with Gasteiger partial charge < -0.3 is 15.4 Å². The Morgan fingerprint density at radius 2 is 1.66 bits per heavy atom. The van der Waals surface area contributed by atoms with E-state index in [9.17, 15) is 9.59 Å². The molecule has 2 heterocycles. The van der Waals surface area contributed by atoms with Crippen LogP contribution in [0, 0.1) is 6.92 Å². The quantitative estimate of drug-likeness (QED) is 0.313. The molecule has 35 heavy (non-hydrogen) atoms. The van der Waals surface area contributed by atoms with Gasteiger partial charge in [-0.3, -0.25) is 4.79 Å². The molecule has 2 aromatic carbocycles. The average Bonchev–Trinajstić information content (AvgIpc) is 3.57. The summed E-state index contributed by atoms with van der Waals surface area (Å²) < 4.78 is 4.77. The second-order valence-electron chi connectivity index (χ2n) is 8.18. The van der Waals surface area contributed by atoms with Crippen molar-refractivity contribution in [1.82, 2.24) is 15.6 Å². The highest BCUT2D eigenvalue weighted by molar-refractivity contribution is 7.20. The monoisotopic (exact) mass is 505 g/mol. The molecule has 0 bridgehead atoms. The van der Waals surface area contributed by atoms with Crippen molar-refractivity contribution in [1.29, 1.82) is 0 Å². The summed E-state index contributed by atoms with van der Waals surface area (Å²) in [4.78, 5) is 31.4. The van der Waals surface area contributed by atoms with Gasteiger partial charge in [0.25, 0.3) is 0 Å². The number of benzene rings is 2. The van der Waals surface area contributed by atoms with Gasteiger partial charge in [-0.25, -0.2) is 9.78 Å². The van der Waals surface area contributed by atoms with E-state index in [4.69, 9.17) is 9.72 Å². The third kappa shape index (κ3) is 6.77. The maximum atomic E-state index is 13.5. The zero-order valence-electron chi connectivity index (χ0n) is 19.6. The van der Waals surface area contributed by atoms with Gasteiger partial charge >= 0.3 is 6.09 Å². The van der Waals surface area contributed by atoms with E-state index >= 15 is 0 Å². The first kappa shape index (κ1) is 24.6. The van der Waals surface area contributed by atoms with Gasteiger partial charge in [0.05, 0.1) is 23.7 Å². The number of ether oxygens (including phenoxy) is 1. The van der Waals surface area contributed by atoms with Crippen molar-refractivity contribution >= 4 is 34.7 Å². The van der Waals surface area contributed by atoms with E-state index in [0.29, 0.717) is 12.8 Å². The molecular formula is C27H27N3O3S2. The second kappa shape index (κ2) is 11.8. The molecule has 180 valence electrons. The van der Waals surface area contributed by atoms with Crippen LogP contribution in [0.25, 0.3) is 9.88 Å². The minimum absolute atomic E-state index is 0.290. The molecule has 2 amide bonds. The van der Waals surface area contributed by atoms with Gasteiger partial charge in [-0.1, -0.05) is 66.2 Å². The topological polar surface area (TPSA) is 80.3 Å². The molecule has 0 radical (unpaired) electrons. The standard InChI is InChI=1S/C27H27N3O3S2/c1-18-10-12-20(13-11-18)15-21(23-17-35-26(29-23)24-9-6-14-34-24)28-25(31)22(30-27(32)33-2)16-19-7-4-3-5-8-19/h3-14,17,21-22H,15-16H2,1-2H3,(H,28,31)(H,30,32). The molecule has 4 aromatic rings. The van der Waals surface area contributed by atoms with Crippen molar-refractivity contribution < 1.29 is 14.3 Å². The third-order valence-corrected chi connectivity index (χ3v) is 7.46. The number of nitrogens with one attached hydrogen (secondary N) is 2. The van der Waals surface area contributed by atoms with Gasteiger partial charge in [0.2, 0.25) is 5.91 Å². The Balaban J connectivity index is 1.59. The Morgan fingerprint density at radius 1 is 0.914 bits per heavy atom. The number of methoxy groups -OCH3 is 1. The Kier molecular flexibility index (Phi) is 8.28. The number of alkyl carbamates (subject to hydrolysis) is 1. The van der Waals surface area contributed by atoms with Crippen LogP contribution in [0.5, 0.6) is 0 Å². The van der Waals surface area contributed by atoms with E-state index in [0.717, 1.165) is 26.7 Å². The Labute approximate surface area is 213 Å². The summed E-state index contributed by atoms with van der Waals surface area (Å²) in [5.41, 5.74) is 4.00. The summed E-state index contributed by atoms with van der Waals surface area (Å²) in [7, 11) is 1.29. The van der Waals surface area contributed by atoms with Crippen molar-refractivity contribution in [3.8, 4) is 9.88 Å². The number of thiazole rings is 1. The molecule has 0 saturated carbocycles. The second-order valence-corrected chi connectivity index (χ2v) is 9.99. The molecule has 2 N–H and O–H groups in total. The summed E-state index contributed by atoms with van der Waals surface area (Å²) in [6, 6.07) is 20.7. The maximum Gasteiger partial charge on any atom is 0.407 e. The Hall–Kier alpha value is -3.49. The highest BCUT2D eigenvalue weighted by atomic mass is 32.1. The summed E-state index contributed by atoms with van der Waals surface area (Å²) in [6.07, 6.45) is 0.275. The van der Waals surface area contributed by atoms with Gasteiger partial charge in [0.15, 0.2) is 0 Å². The minimum atomic E-state index is -0.791. The smallest absolute Gasteiger partial charge is 0.407 e. The lowest BCUT2D eigenvalue weighted by atomic mass is 10.0. The first-order chi connectivity index (χ1) is 17.0. The number of nitrogens with zero attached hydrogens (tertiary/aromatic N) is 1. The molecule has 8 heteroatoms. The van der Waals surface area contributed by atoms with Crippen LogP contribution >= 0.6 is 22.7 Å². The fourth-order valence-electron chi connectivity index (χ4n) is 3.68. The summed E-state index contributed by atoms with van der Waals surface area (Å²) >= 11 is 3.19. The predicted molar refractivity (Wildman–Crippen MR) is 141 cm³/mol. The molecule has 0 saturated heterocycles. The lowest BCUT2D eigenvalue weighted by Gasteiger charge is -2.23. The predicted octanol–water partition coefficient (Wildman–Crippen LogP) is 5.55. The molecule has 2 unspecified atom stereocenters. The Bertz CT molecular complexity index is 1240. The van der Waals surface area contributed by atoms with Crippen LogP contribution in [0.1, 0.15) is 28.4 Å². The fourth-order valence-corrected chi connectivity index (χ4v) is 5.37. The number of amides is 2. The number of aromatic nitrogens is 1. The molecule has 0 aliphatic carbocycles. The molecular weight excluding hydrogens is 478 g/mol. The number of rotatable bonds is 9. The highest BCUT2D eigenvalue weighted by Crippen LogP contribution is 2.30. The van der Waals surface area contributed by atoms with Gasteiger partial charge in [-0.05, 0) is 35.9 Å². The van der Waals surface area contributed by atoms with Crippen LogP contribution in [0.3, 0.4) is 0 Å². The molecule has 6 nitrogen and oxygen atoms in total. The summed E-state index contributed by atoms with van der Waals surface area (Å²) in [5.74, 6) is -0.290. The lowest BCUT2D eigenvalue weighted by Crippen LogP contribution is -2.49. The molecule has 4 rings (SSSR count).